The predicted octanol–water partition coefficient (Wildman–Crippen LogP) is 2.80. The van der Waals surface area contributed by atoms with Gasteiger partial charge >= 0.3 is 0 Å². The second-order valence-electron chi connectivity index (χ2n) is 8.74. The number of nitrogens with two attached hydrogens (primary N) is 1. The molecule has 10 nitrogen and oxygen atoms in total. The second kappa shape index (κ2) is 9.41. The lowest BCUT2D eigenvalue weighted by atomic mass is 10.0. The number of piperidine rings is 1. The van der Waals surface area contributed by atoms with Crippen molar-refractivity contribution >= 4 is 28.4 Å². The summed E-state index contributed by atoms with van der Waals surface area (Å²) in [5, 5.41) is 17.8. The Morgan fingerprint density at radius 3 is 2.78 bits per heavy atom. The van der Waals surface area contributed by atoms with E-state index in [1.807, 2.05) is 0 Å². The zero-order valence-corrected chi connectivity index (χ0v) is 19.4. The van der Waals surface area contributed by atoms with Crippen LogP contribution in [0.5, 0.6) is 5.88 Å². The van der Waals surface area contributed by atoms with E-state index < -0.39 is 31.9 Å². The SMILES string of the molecule is Cc1nc2ccc(-c3cc(O)n4nc(NC5CCN(CCF)CC5F)nc(N)c34)nc2n1CC(F)F. The fourth-order valence-corrected chi connectivity index (χ4v) is 4.62. The van der Waals surface area contributed by atoms with E-state index in [1.54, 1.807) is 24.0 Å². The summed E-state index contributed by atoms with van der Waals surface area (Å²) in [6.45, 7) is 1.33. The maximum atomic E-state index is 14.6. The first-order valence-electron chi connectivity index (χ1n) is 11.4. The average molecular weight is 507 g/mol. The van der Waals surface area contributed by atoms with Crippen LogP contribution in [0.2, 0.25) is 0 Å². The maximum Gasteiger partial charge on any atom is 0.256 e. The van der Waals surface area contributed by atoms with Crippen molar-refractivity contribution in [2.45, 2.75) is 38.5 Å². The molecule has 14 heteroatoms. The molecule has 2 atom stereocenters. The minimum absolute atomic E-state index is 0.00670. The van der Waals surface area contributed by atoms with Crippen LogP contribution in [0.25, 0.3) is 27.9 Å². The molecule has 4 aromatic heterocycles. The number of aromatic nitrogens is 6. The molecule has 1 aliphatic heterocycles. The molecule has 4 aromatic rings. The van der Waals surface area contributed by atoms with Gasteiger partial charge in [0.1, 0.15) is 29.7 Å². The van der Waals surface area contributed by atoms with E-state index in [0.717, 1.165) is 0 Å². The van der Waals surface area contributed by atoms with Crippen LogP contribution in [-0.2, 0) is 6.54 Å². The van der Waals surface area contributed by atoms with E-state index >= 15 is 0 Å². The highest BCUT2D eigenvalue weighted by Crippen LogP contribution is 2.34. The van der Waals surface area contributed by atoms with Crippen molar-refractivity contribution in [3.8, 4) is 17.1 Å². The topological polar surface area (TPSA) is 122 Å². The van der Waals surface area contributed by atoms with Crippen molar-refractivity contribution in [1.82, 2.24) is 34.0 Å². The Bertz CT molecular complexity index is 1410. The Morgan fingerprint density at radius 2 is 2.06 bits per heavy atom. The number of anilines is 2. The summed E-state index contributed by atoms with van der Waals surface area (Å²) < 4.78 is 55.9. The number of nitrogen functional groups attached to an aromatic ring is 1. The van der Waals surface area contributed by atoms with Crippen LogP contribution in [0.4, 0.5) is 29.3 Å². The zero-order chi connectivity index (χ0) is 25.6. The standard InChI is InChI=1S/C22H25F4N9O/c1-11-28-16-3-2-14(29-21(16)34(11)10-17(25)26)12-8-18(36)35-19(12)20(27)31-22(32-35)30-15-4-6-33(7-5-23)9-13(15)24/h2-3,8,13,15,17,36H,4-7,9-10H2,1H3,(H3,27,30,31,32). The second-order valence-corrected chi connectivity index (χ2v) is 8.74. The molecule has 5 rings (SSSR count). The van der Waals surface area contributed by atoms with Gasteiger partial charge < -0.3 is 20.7 Å². The molecule has 1 fully saturated rings. The van der Waals surface area contributed by atoms with E-state index in [4.69, 9.17) is 5.73 Å². The number of hydrogen-bond donors (Lipinski definition) is 3. The smallest absolute Gasteiger partial charge is 0.256 e. The molecule has 0 bridgehead atoms. The number of alkyl halides is 4. The number of fused-ring (bicyclic) bond motifs is 2. The molecule has 4 N–H and O–H groups in total. The molecule has 1 saturated heterocycles. The number of aryl methyl sites for hydroxylation is 1. The summed E-state index contributed by atoms with van der Waals surface area (Å²) in [5.74, 6) is 0.177. The lowest BCUT2D eigenvalue weighted by Crippen LogP contribution is -2.48. The molecular weight excluding hydrogens is 482 g/mol. The third-order valence-electron chi connectivity index (χ3n) is 6.34. The van der Waals surface area contributed by atoms with Gasteiger partial charge in [0.05, 0.1) is 18.3 Å². The number of aromatic hydroxyl groups is 1. The molecule has 192 valence electrons. The van der Waals surface area contributed by atoms with Crippen molar-refractivity contribution in [3.05, 3.63) is 24.0 Å². The first kappa shape index (κ1) is 24.0. The van der Waals surface area contributed by atoms with Gasteiger partial charge in [-0.3, -0.25) is 4.90 Å². The van der Waals surface area contributed by atoms with Crippen molar-refractivity contribution in [3.63, 3.8) is 0 Å². The quantitative estimate of drug-likeness (QED) is 0.327. The van der Waals surface area contributed by atoms with Crippen molar-refractivity contribution in [1.29, 1.82) is 0 Å². The van der Waals surface area contributed by atoms with Gasteiger partial charge in [-0.25, -0.2) is 27.5 Å². The normalized spacial score (nSPS) is 19.1. The fraction of sp³-hybridized carbons (Fsp3) is 0.455. The molecule has 0 aliphatic carbocycles. The summed E-state index contributed by atoms with van der Waals surface area (Å²) in [6.07, 6.45) is -3.43. The van der Waals surface area contributed by atoms with E-state index in [1.165, 1.54) is 15.1 Å². The number of halogens is 4. The number of imidazole rings is 1. The average Bonchev–Trinajstić information content (AvgIpc) is 3.32. The van der Waals surface area contributed by atoms with Gasteiger partial charge in [-0.2, -0.15) is 9.50 Å². The third-order valence-corrected chi connectivity index (χ3v) is 6.34. The molecule has 0 spiro atoms. The molecule has 1 aliphatic rings. The molecule has 5 heterocycles. The third kappa shape index (κ3) is 4.36. The minimum Gasteiger partial charge on any atom is -0.493 e. The zero-order valence-electron chi connectivity index (χ0n) is 19.4. The van der Waals surface area contributed by atoms with Crippen molar-refractivity contribution in [2.75, 3.05) is 37.4 Å². The number of rotatable bonds is 7. The first-order chi connectivity index (χ1) is 17.2. The summed E-state index contributed by atoms with van der Waals surface area (Å²) >= 11 is 0. The van der Waals surface area contributed by atoms with Crippen LogP contribution in [0.15, 0.2) is 18.2 Å². The Morgan fingerprint density at radius 1 is 1.25 bits per heavy atom. The largest absolute Gasteiger partial charge is 0.493 e. The van der Waals surface area contributed by atoms with Gasteiger partial charge in [-0.05, 0) is 25.5 Å². The van der Waals surface area contributed by atoms with E-state index in [2.05, 4.69) is 25.4 Å². The first-order valence-corrected chi connectivity index (χ1v) is 11.4. The predicted molar refractivity (Wildman–Crippen MR) is 126 cm³/mol. The summed E-state index contributed by atoms with van der Waals surface area (Å²) in [5.41, 5.74) is 7.95. The lowest BCUT2D eigenvalue weighted by Gasteiger charge is -2.34. The van der Waals surface area contributed by atoms with Gasteiger partial charge in [0.15, 0.2) is 11.5 Å². The summed E-state index contributed by atoms with van der Waals surface area (Å²) in [4.78, 5) is 14.7. The van der Waals surface area contributed by atoms with Crippen molar-refractivity contribution < 1.29 is 22.7 Å². The van der Waals surface area contributed by atoms with E-state index in [9.17, 15) is 22.7 Å². The molecule has 0 radical (unpaired) electrons. The number of pyridine rings is 1. The van der Waals surface area contributed by atoms with E-state index in [0.29, 0.717) is 35.6 Å². The van der Waals surface area contributed by atoms with Crippen LogP contribution in [0.1, 0.15) is 12.2 Å². The monoisotopic (exact) mass is 507 g/mol. The highest BCUT2D eigenvalue weighted by atomic mass is 19.3. The summed E-state index contributed by atoms with van der Waals surface area (Å²) in [6, 6.07) is 4.08. The van der Waals surface area contributed by atoms with Crippen LogP contribution in [-0.4, -0.2) is 84.1 Å². The van der Waals surface area contributed by atoms with Crippen LogP contribution in [0, 0.1) is 6.92 Å². The molecule has 2 unspecified atom stereocenters. The molecule has 36 heavy (non-hydrogen) atoms. The Kier molecular flexibility index (Phi) is 6.28. The number of hydrogen-bond acceptors (Lipinski definition) is 8. The molecular formula is C22H25F4N9O. The number of nitrogens with one attached hydrogen (secondary N) is 1. The van der Waals surface area contributed by atoms with Crippen molar-refractivity contribution in [2.24, 2.45) is 0 Å². The Hall–Kier alpha value is -3.68. The van der Waals surface area contributed by atoms with E-state index in [-0.39, 0.29) is 41.9 Å². The van der Waals surface area contributed by atoms with Gasteiger partial charge in [0.2, 0.25) is 11.8 Å². The highest BCUT2D eigenvalue weighted by molar-refractivity contribution is 5.89. The Labute approximate surface area is 202 Å². The number of likely N-dealkylation sites (tertiary alicyclic amines) is 1. The van der Waals surface area contributed by atoms with Gasteiger partial charge in [-0.1, -0.05) is 0 Å². The van der Waals surface area contributed by atoms with Crippen LogP contribution < -0.4 is 11.1 Å². The van der Waals surface area contributed by atoms with Gasteiger partial charge in [0.25, 0.3) is 6.43 Å². The molecule has 0 saturated carbocycles. The van der Waals surface area contributed by atoms with Crippen LogP contribution in [0.3, 0.4) is 0 Å². The Balaban J connectivity index is 1.48. The molecule has 0 amide bonds. The highest BCUT2D eigenvalue weighted by Gasteiger charge is 2.30. The number of nitrogens with zero attached hydrogens (tertiary/aromatic N) is 7. The molecule has 0 aromatic carbocycles. The van der Waals surface area contributed by atoms with Crippen LogP contribution >= 0.6 is 0 Å². The minimum atomic E-state index is -2.58. The van der Waals surface area contributed by atoms with Gasteiger partial charge in [0, 0.05) is 31.3 Å². The fourth-order valence-electron chi connectivity index (χ4n) is 4.62. The maximum absolute atomic E-state index is 14.6. The summed E-state index contributed by atoms with van der Waals surface area (Å²) in [7, 11) is 0. The van der Waals surface area contributed by atoms with Gasteiger partial charge in [-0.15, -0.1) is 5.10 Å². The lowest BCUT2D eigenvalue weighted by molar-refractivity contribution is 0.120.